The number of anilines is 1. The summed E-state index contributed by atoms with van der Waals surface area (Å²) in [4.78, 5) is 13.6. The second kappa shape index (κ2) is 6.01. The first kappa shape index (κ1) is 15.1. The van der Waals surface area contributed by atoms with Crippen molar-refractivity contribution in [1.29, 1.82) is 0 Å². The number of hydrogen-bond acceptors (Lipinski definition) is 4. The van der Waals surface area contributed by atoms with Crippen molar-refractivity contribution in [2.75, 3.05) is 29.4 Å². The maximum atomic E-state index is 12.1. The minimum absolute atomic E-state index is 0.0341. The molecule has 1 aliphatic heterocycles. The lowest BCUT2D eigenvalue weighted by Gasteiger charge is -2.29. The number of carbonyl (C=O) groups is 1. The fourth-order valence-electron chi connectivity index (χ4n) is 2.41. The van der Waals surface area contributed by atoms with Gasteiger partial charge in [-0.15, -0.1) is 11.6 Å². The van der Waals surface area contributed by atoms with Crippen LogP contribution in [0.15, 0.2) is 24.3 Å². The van der Waals surface area contributed by atoms with Crippen LogP contribution in [0.1, 0.15) is 6.42 Å². The summed E-state index contributed by atoms with van der Waals surface area (Å²) in [5.41, 5.74) is 0.558. The molecular weight excluding hydrogens is 302 g/mol. The number of rotatable bonds is 4. The smallest absolute Gasteiger partial charge is 0.242 e. The first-order valence-corrected chi connectivity index (χ1v) is 8.55. The monoisotopic (exact) mass is 317 g/mol. The van der Waals surface area contributed by atoms with Gasteiger partial charge in [-0.05, 0) is 18.6 Å². The highest BCUT2D eigenvalue weighted by Crippen LogP contribution is 2.32. The fraction of sp³-hybridized carbons (Fsp3) is 0.462. The topological polar surface area (TPSA) is 63.7 Å². The van der Waals surface area contributed by atoms with E-state index in [1.54, 1.807) is 24.3 Å². The van der Waals surface area contributed by atoms with Crippen molar-refractivity contribution >= 4 is 33.0 Å². The molecule has 1 aliphatic rings. The Morgan fingerprint density at radius 3 is 2.70 bits per heavy atom. The van der Waals surface area contributed by atoms with E-state index in [0.29, 0.717) is 17.9 Å². The zero-order chi connectivity index (χ0) is 14.8. The average Bonchev–Trinajstić information content (AvgIpc) is 2.79. The zero-order valence-corrected chi connectivity index (χ0v) is 12.7. The summed E-state index contributed by atoms with van der Waals surface area (Å²) in [6, 6.07) is 6.64. The minimum atomic E-state index is -3.09. The van der Waals surface area contributed by atoms with Gasteiger partial charge in [0.25, 0.3) is 0 Å². The van der Waals surface area contributed by atoms with Crippen LogP contribution in [-0.2, 0) is 14.6 Å². The number of amides is 1. The summed E-state index contributed by atoms with van der Waals surface area (Å²) in [6.45, 7) is 0. The van der Waals surface area contributed by atoms with E-state index in [1.807, 2.05) is 0 Å². The number of para-hydroxylation sites is 2. The van der Waals surface area contributed by atoms with Crippen molar-refractivity contribution in [2.45, 2.75) is 12.5 Å². The van der Waals surface area contributed by atoms with Crippen LogP contribution in [0, 0.1) is 0 Å². The van der Waals surface area contributed by atoms with Gasteiger partial charge in [0.15, 0.2) is 9.84 Å². The molecule has 20 heavy (non-hydrogen) atoms. The summed E-state index contributed by atoms with van der Waals surface area (Å²) < 4.78 is 28.5. The third-order valence-electron chi connectivity index (χ3n) is 3.30. The molecule has 0 unspecified atom stereocenters. The molecule has 1 aromatic carbocycles. The molecule has 1 aromatic rings. The number of sulfone groups is 1. The second-order valence-corrected chi connectivity index (χ2v) is 7.12. The number of benzene rings is 1. The van der Waals surface area contributed by atoms with Crippen molar-refractivity contribution < 1.29 is 17.9 Å². The van der Waals surface area contributed by atoms with E-state index in [1.165, 1.54) is 12.0 Å². The molecule has 0 spiro atoms. The van der Waals surface area contributed by atoms with E-state index < -0.39 is 9.84 Å². The van der Waals surface area contributed by atoms with Gasteiger partial charge in [0.05, 0.1) is 30.3 Å². The van der Waals surface area contributed by atoms with Crippen LogP contribution in [0.5, 0.6) is 5.75 Å². The highest BCUT2D eigenvalue weighted by molar-refractivity contribution is 7.91. The van der Waals surface area contributed by atoms with E-state index in [-0.39, 0.29) is 29.3 Å². The molecule has 1 heterocycles. The molecule has 1 saturated heterocycles. The number of methoxy groups -OCH3 is 1. The van der Waals surface area contributed by atoms with Gasteiger partial charge in [0, 0.05) is 0 Å². The maximum absolute atomic E-state index is 12.1. The molecular formula is C13H16ClNO4S. The van der Waals surface area contributed by atoms with Crippen LogP contribution < -0.4 is 9.64 Å². The summed E-state index contributed by atoms with van der Waals surface area (Å²) in [5.74, 6) is 0.0646. The Kier molecular flexibility index (Phi) is 4.55. The molecule has 110 valence electrons. The fourth-order valence-corrected chi connectivity index (χ4v) is 4.24. The first-order valence-electron chi connectivity index (χ1n) is 6.20. The Morgan fingerprint density at radius 1 is 1.45 bits per heavy atom. The summed E-state index contributed by atoms with van der Waals surface area (Å²) in [7, 11) is -1.58. The van der Waals surface area contributed by atoms with E-state index >= 15 is 0 Å². The number of halogens is 1. The van der Waals surface area contributed by atoms with Crippen molar-refractivity contribution in [2.24, 2.45) is 0 Å². The SMILES string of the molecule is COc1ccccc1N(C(=O)CCl)[C@H]1CCS(=O)(=O)C1. The lowest BCUT2D eigenvalue weighted by molar-refractivity contribution is -0.116. The lowest BCUT2D eigenvalue weighted by atomic mass is 10.1. The largest absolute Gasteiger partial charge is 0.495 e. The van der Waals surface area contributed by atoms with Gasteiger partial charge in [-0.25, -0.2) is 8.42 Å². The lowest BCUT2D eigenvalue weighted by Crippen LogP contribution is -2.42. The summed E-state index contributed by atoms with van der Waals surface area (Å²) in [6.07, 6.45) is 0.420. The number of ether oxygens (including phenoxy) is 1. The second-order valence-electron chi connectivity index (χ2n) is 4.63. The molecule has 5 nitrogen and oxygen atoms in total. The van der Waals surface area contributed by atoms with E-state index in [9.17, 15) is 13.2 Å². The van der Waals surface area contributed by atoms with Crippen LogP contribution in [0.3, 0.4) is 0 Å². The molecule has 7 heteroatoms. The predicted octanol–water partition coefficient (Wildman–Crippen LogP) is 1.45. The van der Waals surface area contributed by atoms with Crippen molar-refractivity contribution in [3.8, 4) is 5.75 Å². The van der Waals surface area contributed by atoms with Crippen LogP contribution in [0.2, 0.25) is 0 Å². The molecule has 0 aliphatic carbocycles. The molecule has 0 aromatic heterocycles. The molecule has 1 amide bonds. The number of carbonyl (C=O) groups excluding carboxylic acids is 1. The standard InChI is InChI=1S/C13H16ClNO4S/c1-19-12-5-3-2-4-11(12)15(13(16)8-14)10-6-7-20(17,18)9-10/h2-5,10H,6-9H2,1H3/t10-/m0/s1. The molecule has 1 fully saturated rings. The van der Waals surface area contributed by atoms with Gasteiger partial charge in [-0.1, -0.05) is 12.1 Å². The Bertz CT molecular complexity index is 602. The molecule has 0 radical (unpaired) electrons. The summed E-state index contributed by atoms with van der Waals surface area (Å²) >= 11 is 5.66. The normalized spacial score (nSPS) is 20.6. The third-order valence-corrected chi connectivity index (χ3v) is 5.28. The van der Waals surface area contributed by atoms with Crippen LogP contribution >= 0.6 is 11.6 Å². The minimum Gasteiger partial charge on any atom is -0.495 e. The highest BCUT2D eigenvalue weighted by Gasteiger charge is 2.36. The van der Waals surface area contributed by atoms with E-state index in [2.05, 4.69) is 0 Å². The van der Waals surface area contributed by atoms with Crippen LogP contribution in [-0.4, -0.2) is 44.9 Å². The Labute approximate surface area is 123 Å². The third kappa shape index (κ3) is 3.07. The maximum Gasteiger partial charge on any atom is 0.242 e. The van der Waals surface area contributed by atoms with Crippen molar-refractivity contribution in [1.82, 2.24) is 0 Å². The van der Waals surface area contributed by atoms with Gasteiger partial charge < -0.3 is 9.64 Å². The zero-order valence-electron chi connectivity index (χ0n) is 11.1. The van der Waals surface area contributed by atoms with Gasteiger partial charge in [0.2, 0.25) is 5.91 Å². The molecule has 2 rings (SSSR count). The van der Waals surface area contributed by atoms with E-state index in [0.717, 1.165) is 0 Å². The van der Waals surface area contributed by atoms with Crippen molar-refractivity contribution in [3.05, 3.63) is 24.3 Å². The number of alkyl halides is 1. The molecule has 0 N–H and O–H groups in total. The number of nitrogens with zero attached hydrogens (tertiary/aromatic N) is 1. The first-order chi connectivity index (χ1) is 9.48. The molecule has 0 saturated carbocycles. The Morgan fingerprint density at radius 2 is 2.15 bits per heavy atom. The number of hydrogen-bond donors (Lipinski definition) is 0. The van der Waals surface area contributed by atoms with Gasteiger partial charge >= 0.3 is 0 Å². The predicted molar refractivity (Wildman–Crippen MR) is 78.3 cm³/mol. The molecule has 0 bridgehead atoms. The van der Waals surface area contributed by atoms with Crippen LogP contribution in [0.25, 0.3) is 0 Å². The average molecular weight is 318 g/mol. The Balaban J connectivity index is 2.41. The Hall–Kier alpha value is -1.27. The molecule has 1 atom stereocenters. The summed E-state index contributed by atoms with van der Waals surface area (Å²) in [5, 5.41) is 0. The van der Waals surface area contributed by atoms with Crippen LogP contribution in [0.4, 0.5) is 5.69 Å². The van der Waals surface area contributed by atoms with Gasteiger partial charge in [-0.2, -0.15) is 0 Å². The highest BCUT2D eigenvalue weighted by atomic mass is 35.5. The quantitative estimate of drug-likeness (QED) is 0.789. The van der Waals surface area contributed by atoms with Gasteiger partial charge in [-0.3, -0.25) is 4.79 Å². The van der Waals surface area contributed by atoms with Crippen molar-refractivity contribution in [3.63, 3.8) is 0 Å². The van der Waals surface area contributed by atoms with E-state index in [4.69, 9.17) is 16.3 Å². The van der Waals surface area contributed by atoms with Gasteiger partial charge in [0.1, 0.15) is 11.6 Å².